The van der Waals surface area contributed by atoms with E-state index >= 15 is 0 Å². The molecule has 0 spiro atoms. The van der Waals surface area contributed by atoms with Gasteiger partial charge in [-0.3, -0.25) is 4.79 Å². The van der Waals surface area contributed by atoms with Gasteiger partial charge in [-0.2, -0.15) is 4.31 Å². The first-order valence-electron chi connectivity index (χ1n) is 13.0. The van der Waals surface area contributed by atoms with Gasteiger partial charge in [-0.15, -0.1) is 0 Å². The van der Waals surface area contributed by atoms with E-state index in [9.17, 15) is 13.2 Å². The number of carbonyl (C=O) groups is 1. The van der Waals surface area contributed by atoms with Crippen molar-refractivity contribution in [3.8, 4) is 0 Å². The number of hydrogen-bond donors (Lipinski definition) is 1. The summed E-state index contributed by atoms with van der Waals surface area (Å²) in [4.78, 5) is 22.3. The second kappa shape index (κ2) is 10.7. The van der Waals surface area contributed by atoms with Crippen molar-refractivity contribution >= 4 is 38.3 Å². The second-order valence-electron chi connectivity index (χ2n) is 10.2. The van der Waals surface area contributed by atoms with Crippen molar-refractivity contribution in [2.24, 2.45) is 5.92 Å². The third-order valence-electron chi connectivity index (χ3n) is 7.38. The monoisotopic (exact) mass is 521 g/mol. The van der Waals surface area contributed by atoms with Gasteiger partial charge in [0.1, 0.15) is 5.82 Å². The molecule has 3 aromatic rings. The van der Waals surface area contributed by atoms with Crippen LogP contribution >= 0.6 is 0 Å². The van der Waals surface area contributed by atoms with Crippen molar-refractivity contribution in [1.82, 2.24) is 14.6 Å². The first-order chi connectivity index (χ1) is 17.8. The molecule has 9 heteroatoms. The summed E-state index contributed by atoms with van der Waals surface area (Å²) in [5.74, 6) is 0.790. The van der Waals surface area contributed by atoms with Crippen LogP contribution in [0.1, 0.15) is 31.2 Å². The number of sulfonamides is 1. The number of benzene rings is 2. The number of nitrogens with zero attached hydrogens (tertiary/aromatic N) is 4. The Labute approximate surface area is 219 Å². The number of fused-ring (bicyclic) bond motifs is 1. The van der Waals surface area contributed by atoms with Crippen LogP contribution in [0.4, 0.5) is 11.5 Å². The fourth-order valence-corrected chi connectivity index (χ4v) is 6.70. The molecule has 2 aromatic carbocycles. The van der Waals surface area contributed by atoms with Crippen molar-refractivity contribution in [3.05, 3.63) is 60.2 Å². The molecule has 1 aromatic heterocycles. The van der Waals surface area contributed by atoms with Gasteiger partial charge in [-0.05, 0) is 73.7 Å². The maximum Gasteiger partial charge on any atom is 0.243 e. The van der Waals surface area contributed by atoms with Crippen molar-refractivity contribution in [1.29, 1.82) is 0 Å². The smallest absolute Gasteiger partial charge is 0.243 e. The second-order valence-corrected chi connectivity index (χ2v) is 12.1. The highest BCUT2D eigenvalue weighted by molar-refractivity contribution is 7.89. The third-order valence-corrected chi connectivity index (χ3v) is 9.28. The third kappa shape index (κ3) is 5.57. The maximum atomic E-state index is 12.9. The van der Waals surface area contributed by atoms with Gasteiger partial charge in [-0.25, -0.2) is 13.4 Å². The Bertz CT molecular complexity index is 1370. The molecule has 0 bridgehead atoms. The van der Waals surface area contributed by atoms with Crippen LogP contribution in [-0.2, 0) is 21.4 Å². The van der Waals surface area contributed by atoms with Gasteiger partial charge in [0.2, 0.25) is 15.9 Å². The lowest BCUT2D eigenvalue weighted by Crippen LogP contribution is -2.43. The molecular weight excluding hydrogens is 486 g/mol. The summed E-state index contributed by atoms with van der Waals surface area (Å²) in [5, 5.41) is 3.90. The predicted molar refractivity (Wildman–Crippen MR) is 147 cm³/mol. The normalized spacial score (nSPS) is 18.8. The van der Waals surface area contributed by atoms with Gasteiger partial charge in [0.05, 0.1) is 16.3 Å². The molecule has 8 nitrogen and oxygen atoms in total. The minimum absolute atomic E-state index is 0.0685. The molecule has 2 aliphatic rings. The van der Waals surface area contributed by atoms with Gasteiger partial charge in [0.15, 0.2) is 0 Å². The highest BCUT2D eigenvalue weighted by atomic mass is 32.2. The zero-order valence-electron chi connectivity index (χ0n) is 21.6. The Morgan fingerprint density at radius 2 is 1.76 bits per heavy atom. The fourth-order valence-electron chi connectivity index (χ4n) is 5.15. The summed E-state index contributed by atoms with van der Waals surface area (Å²) in [7, 11) is 0.554. The summed E-state index contributed by atoms with van der Waals surface area (Å²) < 4.78 is 27.4. The number of aromatic nitrogens is 1. The number of amides is 1. The van der Waals surface area contributed by atoms with Crippen LogP contribution in [0, 0.1) is 5.92 Å². The van der Waals surface area contributed by atoms with Crippen molar-refractivity contribution < 1.29 is 13.2 Å². The number of rotatable bonds is 7. The van der Waals surface area contributed by atoms with Crippen molar-refractivity contribution in [3.63, 3.8) is 0 Å². The molecule has 1 amide bonds. The van der Waals surface area contributed by atoms with Crippen molar-refractivity contribution in [2.45, 2.75) is 37.1 Å². The maximum absolute atomic E-state index is 12.9. The van der Waals surface area contributed by atoms with Crippen LogP contribution in [0.15, 0.2) is 59.5 Å². The van der Waals surface area contributed by atoms with Gasteiger partial charge >= 0.3 is 0 Å². The largest absolute Gasteiger partial charge is 0.378 e. The number of hydrogen-bond acceptors (Lipinski definition) is 6. The van der Waals surface area contributed by atoms with Crippen LogP contribution in [0.2, 0.25) is 0 Å². The van der Waals surface area contributed by atoms with E-state index in [1.54, 1.807) is 22.5 Å². The molecule has 1 unspecified atom stereocenters. The van der Waals surface area contributed by atoms with E-state index in [1.807, 2.05) is 38.4 Å². The first kappa shape index (κ1) is 25.5. The van der Waals surface area contributed by atoms with E-state index < -0.39 is 10.0 Å². The Morgan fingerprint density at radius 1 is 1.00 bits per heavy atom. The molecule has 1 N–H and O–H groups in total. The molecule has 0 aliphatic carbocycles. The zero-order valence-corrected chi connectivity index (χ0v) is 22.4. The molecule has 2 saturated heterocycles. The van der Waals surface area contributed by atoms with E-state index in [1.165, 1.54) is 0 Å². The van der Waals surface area contributed by atoms with Crippen LogP contribution in [-0.4, -0.2) is 63.9 Å². The highest BCUT2D eigenvalue weighted by Gasteiger charge is 2.28. The van der Waals surface area contributed by atoms with Crippen molar-refractivity contribution in [2.75, 3.05) is 50.1 Å². The number of carbonyl (C=O) groups excluding carboxylic acids is 1. The molecular formula is C28H35N5O3S. The molecule has 196 valence electrons. The van der Waals surface area contributed by atoms with Crippen LogP contribution in [0.25, 0.3) is 10.9 Å². The Balaban J connectivity index is 1.24. The summed E-state index contributed by atoms with van der Waals surface area (Å²) in [6.07, 6.45) is 3.60. The van der Waals surface area contributed by atoms with Gasteiger partial charge < -0.3 is 15.1 Å². The minimum atomic E-state index is -3.46. The van der Waals surface area contributed by atoms with Crippen LogP contribution < -0.4 is 15.1 Å². The molecule has 1 atom stereocenters. The highest BCUT2D eigenvalue weighted by Crippen LogP contribution is 2.27. The summed E-state index contributed by atoms with van der Waals surface area (Å²) in [6.45, 7) is 3.15. The average Bonchev–Trinajstić information content (AvgIpc) is 3.47. The summed E-state index contributed by atoms with van der Waals surface area (Å²) in [6, 6.07) is 17.2. The number of nitrogens with one attached hydrogen (secondary N) is 1. The number of anilines is 2. The van der Waals surface area contributed by atoms with Crippen LogP contribution in [0.5, 0.6) is 0 Å². The first-order valence-corrected chi connectivity index (χ1v) is 14.5. The Hall–Kier alpha value is -3.17. The lowest BCUT2D eigenvalue weighted by atomic mass is 9.97. The molecule has 3 heterocycles. The van der Waals surface area contributed by atoms with E-state index in [4.69, 9.17) is 4.98 Å². The topological polar surface area (TPSA) is 85.8 Å². The lowest BCUT2D eigenvalue weighted by molar-refractivity contribution is -0.125. The van der Waals surface area contributed by atoms with Gasteiger partial charge in [0.25, 0.3) is 0 Å². The van der Waals surface area contributed by atoms with Gasteiger partial charge in [0, 0.05) is 57.9 Å². The summed E-state index contributed by atoms with van der Waals surface area (Å²) in [5.41, 5.74) is 2.96. The zero-order chi connectivity index (χ0) is 26.0. The summed E-state index contributed by atoms with van der Waals surface area (Å²) >= 11 is 0. The molecule has 2 aliphatic heterocycles. The molecule has 5 rings (SSSR count). The average molecular weight is 522 g/mol. The molecule has 0 saturated carbocycles. The predicted octanol–water partition coefficient (Wildman–Crippen LogP) is 3.62. The minimum Gasteiger partial charge on any atom is -0.378 e. The lowest BCUT2D eigenvalue weighted by Gasteiger charge is -2.33. The number of piperidine rings is 1. The van der Waals surface area contributed by atoms with Crippen LogP contribution in [0.3, 0.4) is 0 Å². The standard InChI is InChI=1S/C28H35N5O3S/c1-31(2)24-10-7-21(8-11-24)19-29-28(34)23-6-5-15-32(20-23)27-14-9-22-18-25(12-13-26(22)30-27)37(35,36)33-16-3-4-17-33/h7-14,18,23H,3-6,15-17,19-20H2,1-2H3,(H,29,34). The molecule has 2 fully saturated rings. The van der Waals surface area contributed by atoms with E-state index in [0.29, 0.717) is 31.1 Å². The number of pyridine rings is 1. The van der Waals surface area contributed by atoms with E-state index in [0.717, 1.165) is 60.2 Å². The fraction of sp³-hybridized carbons (Fsp3) is 0.429. The Kier molecular flexibility index (Phi) is 7.35. The Morgan fingerprint density at radius 3 is 2.49 bits per heavy atom. The van der Waals surface area contributed by atoms with E-state index in [2.05, 4.69) is 27.2 Å². The molecule has 0 radical (unpaired) electrons. The quantitative estimate of drug-likeness (QED) is 0.511. The van der Waals surface area contributed by atoms with Gasteiger partial charge in [-0.1, -0.05) is 12.1 Å². The SMILES string of the molecule is CN(C)c1ccc(CNC(=O)C2CCCN(c3ccc4cc(S(=O)(=O)N5CCCC5)ccc4n3)C2)cc1. The molecule has 37 heavy (non-hydrogen) atoms. The van der Waals surface area contributed by atoms with E-state index in [-0.39, 0.29) is 11.8 Å².